The minimum Gasteiger partial charge on any atom is -0.438 e. The number of aromatic nitrogens is 2. The van der Waals surface area contributed by atoms with E-state index in [0.29, 0.717) is 5.69 Å². The molecular formula is C21H25FN4O4S. The number of amides is 1. The lowest BCUT2D eigenvalue weighted by atomic mass is 10.1. The van der Waals surface area contributed by atoms with Gasteiger partial charge in [0.05, 0.1) is 17.9 Å². The lowest BCUT2D eigenvalue weighted by molar-refractivity contribution is 0.0906. The Morgan fingerprint density at radius 3 is 2.42 bits per heavy atom. The van der Waals surface area contributed by atoms with Crippen molar-refractivity contribution in [2.75, 3.05) is 0 Å². The van der Waals surface area contributed by atoms with Crippen LogP contribution in [0.15, 0.2) is 52.1 Å². The summed E-state index contributed by atoms with van der Waals surface area (Å²) in [6, 6.07) is 8.04. The third kappa shape index (κ3) is 5.20. The number of halogens is 1. The van der Waals surface area contributed by atoms with Crippen LogP contribution in [0, 0.1) is 12.7 Å². The Hall–Kier alpha value is -2.98. The van der Waals surface area contributed by atoms with Crippen LogP contribution in [0.25, 0.3) is 5.69 Å². The van der Waals surface area contributed by atoms with Crippen molar-refractivity contribution in [1.29, 1.82) is 0 Å². The van der Waals surface area contributed by atoms with E-state index in [2.05, 4.69) is 15.1 Å². The van der Waals surface area contributed by atoms with Crippen molar-refractivity contribution >= 4 is 15.9 Å². The number of nitrogens with one attached hydrogen (secondary N) is 2. The fourth-order valence-corrected chi connectivity index (χ4v) is 4.43. The first kappa shape index (κ1) is 22.7. The van der Waals surface area contributed by atoms with Crippen LogP contribution in [0.3, 0.4) is 0 Å². The van der Waals surface area contributed by atoms with E-state index >= 15 is 0 Å². The second-order valence-electron chi connectivity index (χ2n) is 8.24. The lowest BCUT2D eigenvalue weighted by Gasteiger charge is -2.19. The van der Waals surface area contributed by atoms with E-state index in [-0.39, 0.29) is 16.7 Å². The number of benzene rings is 1. The Kier molecular flexibility index (Phi) is 6.06. The van der Waals surface area contributed by atoms with Crippen molar-refractivity contribution in [3.8, 4) is 5.69 Å². The number of sulfonamides is 1. The van der Waals surface area contributed by atoms with Crippen molar-refractivity contribution in [1.82, 2.24) is 19.8 Å². The Morgan fingerprint density at radius 1 is 1.16 bits per heavy atom. The molecule has 0 aliphatic heterocycles. The first-order valence-corrected chi connectivity index (χ1v) is 11.1. The van der Waals surface area contributed by atoms with E-state index in [1.807, 2.05) is 6.92 Å². The molecule has 1 aromatic carbocycles. The molecule has 1 amide bonds. The van der Waals surface area contributed by atoms with Crippen LogP contribution < -0.4 is 10.0 Å². The molecule has 0 spiro atoms. The molecule has 166 valence electrons. The maximum atomic E-state index is 13.2. The third-order valence-corrected chi connectivity index (χ3v) is 6.07. The van der Waals surface area contributed by atoms with Crippen LogP contribution in [-0.4, -0.2) is 29.6 Å². The van der Waals surface area contributed by atoms with Crippen LogP contribution in [-0.2, 0) is 10.0 Å². The average Bonchev–Trinajstić information content (AvgIpc) is 3.28. The molecule has 2 N–H and O–H groups in total. The second kappa shape index (κ2) is 8.27. The molecule has 31 heavy (non-hydrogen) atoms. The number of hydrogen-bond acceptors (Lipinski definition) is 5. The monoisotopic (exact) mass is 448 g/mol. The zero-order valence-corrected chi connectivity index (χ0v) is 18.7. The molecule has 0 saturated heterocycles. The van der Waals surface area contributed by atoms with Gasteiger partial charge in [-0.15, -0.1) is 0 Å². The summed E-state index contributed by atoms with van der Waals surface area (Å²) in [6.07, 6.45) is 1.62. The average molecular weight is 449 g/mol. The third-order valence-electron chi connectivity index (χ3n) is 4.44. The summed E-state index contributed by atoms with van der Waals surface area (Å²) >= 11 is 0. The molecule has 3 aromatic rings. The second-order valence-corrected chi connectivity index (χ2v) is 9.86. The van der Waals surface area contributed by atoms with E-state index in [1.54, 1.807) is 50.7 Å². The first-order chi connectivity index (χ1) is 14.4. The summed E-state index contributed by atoms with van der Waals surface area (Å²) in [4.78, 5) is 12.6. The van der Waals surface area contributed by atoms with Crippen LogP contribution in [0.5, 0.6) is 0 Å². The standard InChI is InChI=1S/C21H25FN4O4S/c1-13(17-12-23-26(14(17)2)16-8-6-15(22)7-9-16)24-20(27)18-10-11-19(30-18)31(28,29)25-21(3,4)5/h6-13,25H,1-5H3,(H,24,27). The van der Waals surface area contributed by atoms with Crippen molar-refractivity contribution in [3.05, 3.63) is 65.4 Å². The molecular weight excluding hydrogens is 423 g/mol. The van der Waals surface area contributed by atoms with Crippen LogP contribution in [0.2, 0.25) is 0 Å². The molecule has 0 aliphatic rings. The lowest BCUT2D eigenvalue weighted by Crippen LogP contribution is -2.40. The maximum absolute atomic E-state index is 13.2. The number of furan rings is 1. The molecule has 1 unspecified atom stereocenters. The van der Waals surface area contributed by atoms with Gasteiger partial charge < -0.3 is 9.73 Å². The zero-order valence-electron chi connectivity index (χ0n) is 17.9. The van der Waals surface area contributed by atoms with Gasteiger partial charge in [-0.25, -0.2) is 22.2 Å². The van der Waals surface area contributed by atoms with Crippen molar-refractivity contribution in [2.24, 2.45) is 0 Å². The molecule has 0 bridgehead atoms. The molecule has 0 fully saturated rings. The summed E-state index contributed by atoms with van der Waals surface area (Å²) in [5, 5.41) is 6.77. The molecule has 3 rings (SSSR count). The Labute approximate surface area is 180 Å². The molecule has 10 heteroatoms. The minimum atomic E-state index is -3.89. The molecule has 1 atom stereocenters. The van der Waals surface area contributed by atoms with Gasteiger partial charge in [0.2, 0.25) is 5.09 Å². The Morgan fingerprint density at radius 2 is 1.81 bits per heavy atom. The normalized spacial score (nSPS) is 13.2. The summed E-state index contributed by atoms with van der Waals surface area (Å²) in [7, 11) is -3.89. The van der Waals surface area contributed by atoms with E-state index < -0.39 is 27.5 Å². The van der Waals surface area contributed by atoms with E-state index in [9.17, 15) is 17.6 Å². The summed E-state index contributed by atoms with van der Waals surface area (Å²) in [5.41, 5.74) is 1.53. The zero-order chi connectivity index (χ0) is 23.0. The number of hydrogen-bond donors (Lipinski definition) is 2. The summed E-state index contributed by atoms with van der Waals surface area (Å²) < 4.78 is 47.3. The predicted octanol–water partition coefficient (Wildman–Crippen LogP) is 3.48. The van der Waals surface area contributed by atoms with E-state index in [1.165, 1.54) is 24.3 Å². The molecule has 2 aromatic heterocycles. The van der Waals surface area contributed by atoms with E-state index in [4.69, 9.17) is 4.42 Å². The predicted molar refractivity (Wildman–Crippen MR) is 113 cm³/mol. The summed E-state index contributed by atoms with van der Waals surface area (Å²) in [5.74, 6) is -1.02. The molecule has 0 aliphatic carbocycles. The fourth-order valence-electron chi connectivity index (χ4n) is 3.08. The van der Waals surface area contributed by atoms with Gasteiger partial charge >= 0.3 is 0 Å². The number of carbonyl (C=O) groups excluding carboxylic acids is 1. The Balaban J connectivity index is 1.75. The van der Waals surface area contributed by atoms with E-state index in [0.717, 1.165) is 11.3 Å². The minimum absolute atomic E-state index is 0.121. The quantitative estimate of drug-likeness (QED) is 0.601. The SMILES string of the molecule is Cc1c(C(C)NC(=O)c2ccc(S(=O)(=O)NC(C)(C)C)o2)cnn1-c1ccc(F)cc1. The highest BCUT2D eigenvalue weighted by atomic mass is 32.2. The number of rotatable bonds is 6. The number of carbonyl (C=O) groups is 1. The molecule has 2 heterocycles. The van der Waals surface area contributed by atoms with Crippen molar-refractivity contribution in [2.45, 2.75) is 51.3 Å². The van der Waals surface area contributed by atoms with Gasteiger partial charge in [-0.2, -0.15) is 5.10 Å². The van der Waals surface area contributed by atoms with Crippen LogP contribution >= 0.6 is 0 Å². The van der Waals surface area contributed by atoms with Gasteiger partial charge in [0, 0.05) is 16.8 Å². The number of nitrogens with zero attached hydrogens (tertiary/aromatic N) is 2. The highest BCUT2D eigenvalue weighted by molar-refractivity contribution is 7.89. The topological polar surface area (TPSA) is 106 Å². The van der Waals surface area contributed by atoms with Crippen LogP contribution in [0.4, 0.5) is 4.39 Å². The van der Waals surface area contributed by atoms with Gasteiger partial charge in [0.15, 0.2) is 5.76 Å². The highest BCUT2D eigenvalue weighted by Crippen LogP contribution is 2.22. The summed E-state index contributed by atoms with van der Waals surface area (Å²) in [6.45, 7) is 8.73. The van der Waals surface area contributed by atoms with Crippen molar-refractivity contribution in [3.63, 3.8) is 0 Å². The maximum Gasteiger partial charge on any atom is 0.287 e. The van der Waals surface area contributed by atoms with Gasteiger partial charge in [-0.3, -0.25) is 4.79 Å². The first-order valence-electron chi connectivity index (χ1n) is 9.62. The molecule has 0 radical (unpaired) electrons. The highest BCUT2D eigenvalue weighted by Gasteiger charge is 2.27. The fraction of sp³-hybridized carbons (Fsp3) is 0.333. The van der Waals surface area contributed by atoms with Gasteiger partial charge in [-0.05, 0) is 71.0 Å². The largest absolute Gasteiger partial charge is 0.438 e. The molecule has 8 nitrogen and oxygen atoms in total. The van der Waals surface area contributed by atoms with Gasteiger partial charge in [-0.1, -0.05) is 0 Å². The van der Waals surface area contributed by atoms with Gasteiger partial charge in [0.25, 0.3) is 15.9 Å². The molecule has 0 saturated carbocycles. The van der Waals surface area contributed by atoms with Crippen molar-refractivity contribution < 1.29 is 22.0 Å². The van der Waals surface area contributed by atoms with Crippen LogP contribution in [0.1, 0.15) is 55.5 Å². The smallest absolute Gasteiger partial charge is 0.287 e. The Bertz CT molecular complexity index is 1190. The van der Waals surface area contributed by atoms with Gasteiger partial charge in [0.1, 0.15) is 5.82 Å².